The number of rotatable bonds is 2. The number of ether oxygens (including phenoxy) is 3. The summed E-state index contributed by atoms with van der Waals surface area (Å²) in [4.78, 5) is 0. The smallest absolute Gasteiger partial charge is 0.195 e. The van der Waals surface area contributed by atoms with Crippen LogP contribution in [0, 0.1) is 0 Å². The fraction of sp³-hybridized carbons (Fsp3) is 1.00. The molecule has 0 aromatic heterocycles. The van der Waals surface area contributed by atoms with E-state index < -0.39 is 11.9 Å². The SMILES string of the molecule is CC[C@@]12OC[C@@H](O1)[C@@H](O)C[C@H]2OC. The monoisotopic (exact) mass is 188 g/mol. The van der Waals surface area contributed by atoms with E-state index in [1.165, 1.54) is 0 Å². The molecule has 2 heterocycles. The first-order chi connectivity index (χ1) is 6.22. The molecule has 2 saturated heterocycles. The predicted molar refractivity (Wildman–Crippen MR) is 45.3 cm³/mol. The third-order valence-electron chi connectivity index (χ3n) is 3.00. The number of methoxy groups -OCH3 is 1. The summed E-state index contributed by atoms with van der Waals surface area (Å²) < 4.78 is 16.5. The van der Waals surface area contributed by atoms with Gasteiger partial charge in [-0.1, -0.05) is 6.92 Å². The maximum atomic E-state index is 9.62. The van der Waals surface area contributed by atoms with Gasteiger partial charge in [-0.3, -0.25) is 0 Å². The zero-order valence-corrected chi connectivity index (χ0v) is 8.03. The van der Waals surface area contributed by atoms with Crippen molar-refractivity contribution in [1.29, 1.82) is 0 Å². The lowest BCUT2D eigenvalue weighted by Crippen LogP contribution is -2.51. The Bertz CT molecular complexity index is 196. The van der Waals surface area contributed by atoms with Crippen molar-refractivity contribution in [3.63, 3.8) is 0 Å². The zero-order chi connectivity index (χ0) is 9.47. The molecule has 0 aliphatic carbocycles. The zero-order valence-electron chi connectivity index (χ0n) is 8.03. The largest absolute Gasteiger partial charge is 0.390 e. The van der Waals surface area contributed by atoms with Crippen molar-refractivity contribution in [2.24, 2.45) is 0 Å². The number of aliphatic hydroxyl groups excluding tert-OH is 1. The Labute approximate surface area is 77.8 Å². The Hall–Kier alpha value is -0.160. The molecule has 4 heteroatoms. The van der Waals surface area contributed by atoms with Crippen LogP contribution in [-0.4, -0.2) is 42.9 Å². The van der Waals surface area contributed by atoms with Gasteiger partial charge in [0.05, 0.1) is 12.7 Å². The lowest BCUT2D eigenvalue weighted by atomic mass is 9.96. The first kappa shape index (κ1) is 9.40. The summed E-state index contributed by atoms with van der Waals surface area (Å²) in [6.45, 7) is 2.49. The van der Waals surface area contributed by atoms with Crippen LogP contribution in [0.15, 0.2) is 0 Å². The second-order valence-corrected chi connectivity index (χ2v) is 3.66. The van der Waals surface area contributed by atoms with E-state index in [-0.39, 0.29) is 12.2 Å². The van der Waals surface area contributed by atoms with Crippen LogP contribution in [-0.2, 0) is 14.2 Å². The molecule has 2 rings (SSSR count). The third-order valence-corrected chi connectivity index (χ3v) is 3.00. The summed E-state index contributed by atoms with van der Waals surface area (Å²) >= 11 is 0. The fourth-order valence-corrected chi connectivity index (χ4v) is 2.15. The average Bonchev–Trinajstić information content (AvgIpc) is 2.54. The normalized spacial score (nSPS) is 49.6. The van der Waals surface area contributed by atoms with Crippen molar-refractivity contribution < 1.29 is 19.3 Å². The molecule has 2 aliphatic heterocycles. The van der Waals surface area contributed by atoms with E-state index in [0.717, 1.165) is 6.42 Å². The lowest BCUT2D eigenvalue weighted by Gasteiger charge is -2.39. The van der Waals surface area contributed by atoms with Gasteiger partial charge in [-0.25, -0.2) is 0 Å². The molecule has 13 heavy (non-hydrogen) atoms. The Morgan fingerprint density at radius 2 is 2.38 bits per heavy atom. The minimum absolute atomic E-state index is 0.147. The van der Waals surface area contributed by atoms with Gasteiger partial charge in [0, 0.05) is 20.0 Å². The van der Waals surface area contributed by atoms with E-state index in [9.17, 15) is 5.11 Å². The minimum atomic E-state index is -0.599. The molecule has 2 bridgehead atoms. The summed E-state index contributed by atoms with van der Waals surface area (Å²) in [5, 5.41) is 9.62. The second kappa shape index (κ2) is 3.20. The average molecular weight is 188 g/mol. The molecule has 2 aliphatic rings. The van der Waals surface area contributed by atoms with Crippen molar-refractivity contribution in [3.05, 3.63) is 0 Å². The minimum Gasteiger partial charge on any atom is -0.390 e. The standard InChI is InChI=1S/C9H16O4/c1-3-9-8(11-2)4-6(10)7(13-9)5-12-9/h6-8,10H,3-5H2,1-2H3/t6-,7+,8+,9+/m0/s1. The van der Waals surface area contributed by atoms with Crippen LogP contribution < -0.4 is 0 Å². The molecule has 0 spiro atoms. The van der Waals surface area contributed by atoms with Gasteiger partial charge in [-0.15, -0.1) is 0 Å². The molecule has 76 valence electrons. The molecule has 0 amide bonds. The summed E-state index contributed by atoms with van der Waals surface area (Å²) in [6.07, 6.45) is 0.605. The van der Waals surface area contributed by atoms with Gasteiger partial charge in [-0.2, -0.15) is 0 Å². The highest BCUT2D eigenvalue weighted by Crippen LogP contribution is 2.40. The summed E-state index contributed by atoms with van der Waals surface area (Å²) in [6, 6.07) is 0. The number of hydrogen-bond donors (Lipinski definition) is 1. The third kappa shape index (κ3) is 1.29. The number of aliphatic hydroxyl groups is 1. The molecular formula is C9H16O4. The van der Waals surface area contributed by atoms with Crippen molar-refractivity contribution in [1.82, 2.24) is 0 Å². The molecule has 4 atom stereocenters. The van der Waals surface area contributed by atoms with Crippen LogP contribution >= 0.6 is 0 Å². The second-order valence-electron chi connectivity index (χ2n) is 3.66. The molecular weight excluding hydrogens is 172 g/mol. The van der Waals surface area contributed by atoms with E-state index in [2.05, 4.69) is 0 Å². The highest BCUT2D eigenvalue weighted by Gasteiger charge is 2.54. The summed E-state index contributed by atoms with van der Waals surface area (Å²) in [7, 11) is 1.63. The van der Waals surface area contributed by atoms with Crippen LogP contribution in [0.25, 0.3) is 0 Å². The van der Waals surface area contributed by atoms with Crippen LogP contribution in [0.2, 0.25) is 0 Å². The highest BCUT2D eigenvalue weighted by atomic mass is 16.8. The molecule has 4 nitrogen and oxygen atoms in total. The predicted octanol–water partition coefficient (Wildman–Crippen LogP) is 0.288. The van der Waals surface area contributed by atoms with Gasteiger partial charge < -0.3 is 19.3 Å². The first-order valence-corrected chi connectivity index (χ1v) is 4.74. The molecule has 0 aromatic carbocycles. The summed E-state index contributed by atoms with van der Waals surface area (Å²) in [5.74, 6) is -0.599. The Kier molecular flexibility index (Phi) is 2.32. The molecule has 0 aromatic rings. The first-order valence-electron chi connectivity index (χ1n) is 4.74. The van der Waals surface area contributed by atoms with Crippen molar-refractivity contribution >= 4 is 0 Å². The molecule has 0 radical (unpaired) electrons. The van der Waals surface area contributed by atoms with Crippen LogP contribution in [0.3, 0.4) is 0 Å². The van der Waals surface area contributed by atoms with Gasteiger partial charge in [0.1, 0.15) is 12.2 Å². The van der Waals surface area contributed by atoms with Crippen molar-refractivity contribution in [2.45, 2.75) is 43.9 Å². The van der Waals surface area contributed by atoms with Crippen molar-refractivity contribution in [2.75, 3.05) is 13.7 Å². The van der Waals surface area contributed by atoms with Crippen LogP contribution in [0.4, 0.5) is 0 Å². The summed E-state index contributed by atoms with van der Waals surface area (Å²) in [5.41, 5.74) is 0. The number of hydrogen-bond acceptors (Lipinski definition) is 4. The van der Waals surface area contributed by atoms with Gasteiger partial charge >= 0.3 is 0 Å². The van der Waals surface area contributed by atoms with Crippen LogP contribution in [0.1, 0.15) is 19.8 Å². The van der Waals surface area contributed by atoms with Gasteiger partial charge in [0.2, 0.25) is 0 Å². The van der Waals surface area contributed by atoms with E-state index in [1.807, 2.05) is 6.92 Å². The molecule has 1 N–H and O–H groups in total. The van der Waals surface area contributed by atoms with E-state index in [4.69, 9.17) is 14.2 Å². The Morgan fingerprint density at radius 1 is 1.62 bits per heavy atom. The van der Waals surface area contributed by atoms with Gasteiger partial charge in [0.15, 0.2) is 5.79 Å². The topological polar surface area (TPSA) is 47.9 Å². The van der Waals surface area contributed by atoms with E-state index in [1.54, 1.807) is 7.11 Å². The number of fused-ring (bicyclic) bond motifs is 2. The van der Waals surface area contributed by atoms with E-state index in [0.29, 0.717) is 13.0 Å². The maximum absolute atomic E-state index is 9.62. The fourth-order valence-electron chi connectivity index (χ4n) is 2.15. The molecule has 0 saturated carbocycles. The molecule has 2 fully saturated rings. The Balaban J connectivity index is 2.18. The van der Waals surface area contributed by atoms with E-state index >= 15 is 0 Å². The highest BCUT2D eigenvalue weighted by molar-refractivity contribution is 4.95. The van der Waals surface area contributed by atoms with Crippen LogP contribution in [0.5, 0.6) is 0 Å². The van der Waals surface area contributed by atoms with Gasteiger partial charge in [0.25, 0.3) is 0 Å². The van der Waals surface area contributed by atoms with Crippen molar-refractivity contribution in [3.8, 4) is 0 Å². The maximum Gasteiger partial charge on any atom is 0.195 e. The lowest BCUT2D eigenvalue weighted by molar-refractivity contribution is -0.269. The Morgan fingerprint density at radius 3 is 3.00 bits per heavy atom. The van der Waals surface area contributed by atoms with Gasteiger partial charge in [-0.05, 0) is 0 Å². The quantitative estimate of drug-likeness (QED) is 0.676. The molecule has 0 unspecified atom stereocenters.